The zero-order valence-corrected chi connectivity index (χ0v) is 18.9. The Kier molecular flexibility index (Phi) is 6.47. The maximum absolute atomic E-state index is 13.4. The number of aromatic nitrogens is 6. The minimum atomic E-state index is -0.271. The molecule has 3 aromatic heterocycles. The summed E-state index contributed by atoms with van der Waals surface area (Å²) < 4.78 is 3.18. The van der Waals surface area contributed by atoms with E-state index in [-0.39, 0.29) is 18.1 Å². The van der Waals surface area contributed by atoms with Gasteiger partial charge in [0.1, 0.15) is 17.6 Å². The van der Waals surface area contributed by atoms with Crippen LogP contribution in [0.2, 0.25) is 0 Å². The molecule has 0 fully saturated rings. The highest BCUT2D eigenvalue weighted by molar-refractivity contribution is 5.77. The van der Waals surface area contributed by atoms with Gasteiger partial charge in [-0.2, -0.15) is 5.10 Å². The maximum Gasteiger partial charge on any atom is 0.293 e. The van der Waals surface area contributed by atoms with Crippen LogP contribution < -0.4 is 16.2 Å². The first-order valence-corrected chi connectivity index (χ1v) is 10.7. The lowest BCUT2D eigenvalue weighted by atomic mass is 10.1. The molecule has 0 spiro atoms. The maximum atomic E-state index is 13.4. The van der Waals surface area contributed by atoms with Crippen LogP contribution in [0.1, 0.15) is 19.7 Å². The Morgan fingerprint density at radius 2 is 1.97 bits per heavy atom. The van der Waals surface area contributed by atoms with E-state index in [0.29, 0.717) is 35.9 Å². The van der Waals surface area contributed by atoms with Gasteiger partial charge >= 0.3 is 0 Å². The molecule has 9 nitrogen and oxygen atoms in total. The van der Waals surface area contributed by atoms with Crippen molar-refractivity contribution >= 4 is 17.0 Å². The molecule has 0 bridgehead atoms. The Bertz CT molecular complexity index is 1380. The molecule has 33 heavy (non-hydrogen) atoms. The van der Waals surface area contributed by atoms with Crippen molar-refractivity contribution in [3.8, 4) is 23.1 Å². The summed E-state index contributed by atoms with van der Waals surface area (Å²) in [5.74, 6) is 7.05. The van der Waals surface area contributed by atoms with Crippen molar-refractivity contribution in [3.05, 3.63) is 65.0 Å². The SMILES string of the molecule is CC#CCn1c(N(C)CC(C)N)nc2cnn(Cc3nccc(-c4ccccc4)n3)c(=O)c21. The zero-order chi connectivity index (χ0) is 23.4. The van der Waals surface area contributed by atoms with Crippen LogP contribution in [-0.2, 0) is 13.1 Å². The van der Waals surface area contributed by atoms with Gasteiger partial charge in [-0.3, -0.25) is 9.36 Å². The average Bonchev–Trinajstić information content (AvgIpc) is 3.19. The first kappa shape index (κ1) is 22.2. The van der Waals surface area contributed by atoms with Crippen molar-refractivity contribution in [3.63, 3.8) is 0 Å². The van der Waals surface area contributed by atoms with Gasteiger partial charge in [0.2, 0.25) is 5.95 Å². The fourth-order valence-corrected chi connectivity index (χ4v) is 3.68. The van der Waals surface area contributed by atoms with E-state index in [0.717, 1.165) is 11.3 Å². The van der Waals surface area contributed by atoms with E-state index in [9.17, 15) is 4.79 Å². The Balaban J connectivity index is 1.75. The Labute approximate surface area is 191 Å². The van der Waals surface area contributed by atoms with Crippen molar-refractivity contribution in [2.24, 2.45) is 5.73 Å². The Morgan fingerprint density at radius 3 is 2.70 bits per heavy atom. The van der Waals surface area contributed by atoms with Crippen molar-refractivity contribution in [2.75, 3.05) is 18.5 Å². The lowest BCUT2D eigenvalue weighted by Crippen LogP contribution is -2.34. The Morgan fingerprint density at radius 1 is 1.18 bits per heavy atom. The van der Waals surface area contributed by atoms with Gasteiger partial charge in [0.15, 0.2) is 5.82 Å². The third-order valence-corrected chi connectivity index (χ3v) is 5.11. The van der Waals surface area contributed by atoms with Crippen LogP contribution in [0.25, 0.3) is 22.3 Å². The Hall–Kier alpha value is -4.03. The summed E-state index contributed by atoms with van der Waals surface area (Å²) in [6.45, 7) is 4.76. The minimum Gasteiger partial charge on any atom is -0.344 e. The van der Waals surface area contributed by atoms with Gasteiger partial charge < -0.3 is 10.6 Å². The van der Waals surface area contributed by atoms with Crippen LogP contribution in [0.15, 0.2) is 53.6 Å². The van der Waals surface area contributed by atoms with Crippen LogP contribution in [0, 0.1) is 11.8 Å². The van der Waals surface area contributed by atoms with Crippen LogP contribution in [0.4, 0.5) is 5.95 Å². The molecule has 168 valence electrons. The van der Waals surface area contributed by atoms with Crippen molar-refractivity contribution in [1.29, 1.82) is 0 Å². The highest BCUT2D eigenvalue weighted by atomic mass is 16.1. The molecule has 0 aliphatic rings. The lowest BCUT2D eigenvalue weighted by Gasteiger charge is -2.20. The number of imidazole rings is 1. The molecule has 0 aliphatic heterocycles. The molecule has 1 atom stereocenters. The number of hydrogen-bond donors (Lipinski definition) is 1. The summed E-state index contributed by atoms with van der Waals surface area (Å²) in [4.78, 5) is 29.0. The summed E-state index contributed by atoms with van der Waals surface area (Å²) >= 11 is 0. The van der Waals surface area contributed by atoms with E-state index in [1.54, 1.807) is 19.3 Å². The molecule has 0 amide bonds. The smallest absolute Gasteiger partial charge is 0.293 e. The fraction of sp³-hybridized carbons (Fsp3) is 0.292. The van der Waals surface area contributed by atoms with Crippen LogP contribution in [0.5, 0.6) is 0 Å². The molecular formula is C24H26N8O. The first-order valence-electron chi connectivity index (χ1n) is 10.7. The number of nitrogens with zero attached hydrogens (tertiary/aromatic N) is 7. The fourth-order valence-electron chi connectivity index (χ4n) is 3.68. The summed E-state index contributed by atoms with van der Waals surface area (Å²) in [6.07, 6.45) is 3.28. The van der Waals surface area contributed by atoms with Gasteiger partial charge in [-0.25, -0.2) is 19.6 Å². The molecule has 0 radical (unpaired) electrons. The van der Waals surface area contributed by atoms with Gasteiger partial charge in [-0.15, -0.1) is 5.92 Å². The van der Waals surface area contributed by atoms with E-state index in [1.165, 1.54) is 4.68 Å². The van der Waals surface area contributed by atoms with E-state index in [4.69, 9.17) is 5.73 Å². The lowest BCUT2D eigenvalue weighted by molar-refractivity contribution is 0.617. The summed E-state index contributed by atoms with van der Waals surface area (Å²) in [5.41, 5.74) is 8.43. The monoisotopic (exact) mass is 442 g/mol. The largest absolute Gasteiger partial charge is 0.344 e. The van der Waals surface area contributed by atoms with Gasteiger partial charge in [-0.1, -0.05) is 36.3 Å². The molecule has 0 saturated heterocycles. The summed E-state index contributed by atoms with van der Waals surface area (Å²) in [5, 5.41) is 4.33. The van der Waals surface area contributed by atoms with E-state index in [2.05, 4.69) is 31.9 Å². The molecule has 2 N–H and O–H groups in total. The predicted octanol–water partition coefficient (Wildman–Crippen LogP) is 1.91. The van der Waals surface area contributed by atoms with Gasteiger partial charge in [-0.05, 0) is 19.9 Å². The van der Waals surface area contributed by atoms with Gasteiger partial charge in [0.05, 0.1) is 18.4 Å². The third kappa shape index (κ3) is 4.76. The van der Waals surface area contributed by atoms with Crippen LogP contribution in [0.3, 0.4) is 0 Å². The van der Waals surface area contributed by atoms with Crippen molar-refractivity contribution < 1.29 is 0 Å². The number of fused-ring (bicyclic) bond motifs is 1. The van der Waals surface area contributed by atoms with Gasteiger partial charge in [0, 0.05) is 31.4 Å². The summed E-state index contributed by atoms with van der Waals surface area (Å²) in [7, 11) is 1.90. The zero-order valence-electron chi connectivity index (χ0n) is 18.9. The van der Waals surface area contributed by atoms with E-state index < -0.39 is 0 Å². The van der Waals surface area contributed by atoms with Crippen LogP contribution >= 0.6 is 0 Å². The van der Waals surface area contributed by atoms with Crippen LogP contribution in [-0.4, -0.2) is 48.9 Å². The molecule has 1 aromatic carbocycles. The number of benzene rings is 1. The first-order chi connectivity index (χ1) is 16.0. The highest BCUT2D eigenvalue weighted by Gasteiger charge is 2.19. The molecule has 4 aromatic rings. The molecule has 9 heteroatoms. The quantitative estimate of drug-likeness (QED) is 0.436. The molecule has 4 rings (SSSR count). The van der Waals surface area contributed by atoms with E-state index in [1.807, 2.05) is 59.8 Å². The second-order valence-electron chi connectivity index (χ2n) is 7.85. The highest BCUT2D eigenvalue weighted by Crippen LogP contribution is 2.19. The number of hydrogen-bond acceptors (Lipinski definition) is 7. The topological polar surface area (TPSA) is 108 Å². The van der Waals surface area contributed by atoms with Gasteiger partial charge in [0.25, 0.3) is 5.56 Å². The summed E-state index contributed by atoms with van der Waals surface area (Å²) in [6, 6.07) is 11.6. The number of likely N-dealkylation sites (N-methyl/N-ethyl adjacent to an activating group) is 1. The average molecular weight is 443 g/mol. The second kappa shape index (κ2) is 9.63. The molecule has 1 unspecified atom stereocenters. The number of nitrogens with two attached hydrogens (primary N) is 1. The normalized spacial score (nSPS) is 11.8. The molecule has 0 saturated carbocycles. The van der Waals surface area contributed by atoms with Crippen molar-refractivity contribution in [1.82, 2.24) is 29.3 Å². The molecule has 3 heterocycles. The number of rotatable bonds is 7. The predicted molar refractivity (Wildman–Crippen MR) is 129 cm³/mol. The van der Waals surface area contributed by atoms with Crippen molar-refractivity contribution in [2.45, 2.75) is 33.0 Å². The second-order valence-corrected chi connectivity index (χ2v) is 7.85. The minimum absolute atomic E-state index is 0.0515. The van der Waals surface area contributed by atoms with E-state index >= 15 is 0 Å². The molecular weight excluding hydrogens is 416 g/mol. The standard InChI is InChI=1S/C24H26N8O/c1-4-5-13-31-22-20(29-24(31)30(3)15-17(2)25)14-27-32(23(22)33)16-21-26-12-11-19(28-21)18-9-7-6-8-10-18/h6-12,14,17H,13,15-16,25H2,1-3H3. The number of anilines is 1. The molecule has 0 aliphatic carbocycles. The third-order valence-electron chi connectivity index (χ3n) is 5.11.